The third-order valence-corrected chi connectivity index (χ3v) is 4.66. The van der Waals surface area contributed by atoms with Gasteiger partial charge in [-0.2, -0.15) is 13.2 Å². The number of carbonyl (C=O) groups is 1. The number of Topliss-reactive ketones (excluding diaryl/α,β-unsaturated/α-hetero) is 1. The monoisotopic (exact) mass is 329 g/mol. The van der Waals surface area contributed by atoms with Crippen LogP contribution in [0.1, 0.15) is 45.9 Å². The number of halogens is 3. The fourth-order valence-corrected chi connectivity index (χ4v) is 3.51. The first-order valence-electron chi connectivity index (χ1n) is 7.76. The molecule has 0 radical (unpaired) electrons. The van der Waals surface area contributed by atoms with Gasteiger partial charge in [-0.1, -0.05) is 30.3 Å². The molecule has 4 rings (SSSR count). The van der Waals surface area contributed by atoms with Gasteiger partial charge in [-0.3, -0.25) is 4.79 Å². The van der Waals surface area contributed by atoms with Gasteiger partial charge in [-0.15, -0.1) is 0 Å². The Morgan fingerprint density at radius 2 is 1.71 bits per heavy atom. The minimum absolute atomic E-state index is 0.0885. The molecule has 1 N–H and O–H groups in total. The topological polar surface area (TPSA) is 32.9 Å². The van der Waals surface area contributed by atoms with Gasteiger partial charge in [0.2, 0.25) is 0 Å². The highest BCUT2D eigenvalue weighted by atomic mass is 19.4. The van der Waals surface area contributed by atoms with Crippen molar-refractivity contribution in [1.29, 1.82) is 0 Å². The van der Waals surface area contributed by atoms with Gasteiger partial charge < -0.3 is 4.98 Å². The third-order valence-electron chi connectivity index (χ3n) is 4.66. The van der Waals surface area contributed by atoms with Crippen LogP contribution in [0.15, 0.2) is 48.5 Å². The molecule has 0 bridgehead atoms. The van der Waals surface area contributed by atoms with Crippen molar-refractivity contribution >= 4 is 16.7 Å². The molecule has 0 aliphatic heterocycles. The quantitative estimate of drug-likeness (QED) is 0.646. The first-order valence-corrected chi connectivity index (χ1v) is 7.76. The summed E-state index contributed by atoms with van der Waals surface area (Å²) in [5.41, 5.74) is 2.52. The van der Waals surface area contributed by atoms with Crippen LogP contribution >= 0.6 is 0 Å². The van der Waals surface area contributed by atoms with Crippen LogP contribution < -0.4 is 0 Å². The Morgan fingerprint density at radius 1 is 1.00 bits per heavy atom. The first kappa shape index (κ1) is 15.0. The molecule has 3 aromatic rings. The maximum Gasteiger partial charge on any atom is 0.416 e. The number of rotatable bonds is 1. The zero-order valence-electron chi connectivity index (χ0n) is 12.7. The van der Waals surface area contributed by atoms with Crippen molar-refractivity contribution in [3.63, 3.8) is 0 Å². The van der Waals surface area contributed by atoms with Crippen LogP contribution in [0.25, 0.3) is 10.9 Å². The number of benzene rings is 2. The lowest BCUT2D eigenvalue weighted by molar-refractivity contribution is -0.137. The molecular formula is C19H14F3NO. The van der Waals surface area contributed by atoms with E-state index in [1.807, 2.05) is 24.3 Å². The molecule has 1 atom stereocenters. The lowest BCUT2D eigenvalue weighted by atomic mass is 9.81. The number of alkyl halides is 3. The molecular weight excluding hydrogens is 315 g/mol. The largest absolute Gasteiger partial charge is 0.416 e. The Bertz CT molecular complexity index is 922. The summed E-state index contributed by atoms with van der Waals surface area (Å²) < 4.78 is 38.2. The predicted molar refractivity (Wildman–Crippen MR) is 85.2 cm³/mol. The van der Waals surface area contributed by atoms with E-state index in [9.17, 15) is 18.0 Å². The van der Waals surface area contributed by atoms with Crippen LogP contribution in [0.3, 0.4) is 0 Å². The average molecular weight is 329 g/mol. The number of fused-ring (bicyclic) bond motifs is 3. The molecule has 1 aromatic heterocycles. The molecule has 0 spiro atoms. The summed E-state index contributed by atoms with van der Waals surface area (Å²) in [7, 11) is 0. The summed E-state index contributed by atoms with van der Waals surface area (Å²) in [5, 5.41) is 0.883. The van der Waals surface area contributed by atoms with E-state index < -0.39 is 11.7 Å². The van der Waals surface area contributed by atoms with Gasteiger partial charge >= 0.3 is 6.18 Å². The van der Waals surface area contributed by atoms with Crippen molar-refractivity contribution in [2.24, 2.45) is 0 Å². The summed E-state index contributed by atoms with van der Waals surface area (Å²) in [6.45, 7) is 0. The summed E-state index contributed by atoms with van der Waals surface area (Å²) >= 11 is 0. The lowest BCUT2D eigenvalue weighted by Crippen LogP contribution is -2.16. The lowest BCUT2D eigenvalue weighted by Gasteiger charge is -2.22. The Morgan fingerprint density at radius 3 is 2.42 bits per heavy atom. The number of hydrogen-bond acceptors (Lipinski definition) is 1. The number of aromatic nitrogens is 1. The zero-order valence-corrected chi connectivity index (χ0v) is 12.7. The van der Waals surface area contributed by atoms with Crippen molar-refractivity contribution in [3.05, 3.63) is 70.9 Å². The van der Waals surface area contributed by atoms with Crippen LogP contribution in [0.4, 0.5) is 13.2 Å². The second-order valence-electron chi connectivity index (χ2n) is 6.09. The number of carbonyl (C=O) groups excluding carboxylic acids is 1. The molecule has 24 heavy (non-hydrogen) atoms. The highest BCUT2D eigenvalue weighted by Gasteiger charge is 2.33. The van der Waals surface area contributed by atoms with Gasteiger partial charge in [0.05, 0.1) is 5.56 Å². The molecule has 1 aliphatic rings. The number of ketones is 1. The second kappa shape index (κ2) is 5.23. The first-order chi connectivity index (χ1) is 11.4. The van der Waals surface area contributed by atoms with Crippen LogP contribution in [0.5, 0.6) is 0 Å². The Labute approximate surface area is 136 Å². The van der Waals surface area contributed by atoms with Crippen LogP contribution in [-0.2, 0) is 6.18 Å². The Kier molecular flexibility index (Phi) is 3.27. The molecule has 1 heterocycles. The SMILES string of the molecule is O=C1CCC(c2ccc(C(F)(F)F)cc2)c2[nH]c3ccccc3c21. The zero-order chi connectivity index (χ0) is 16.9. The van der Waals surface area contributed by atoms with Crippen LogP contribution in [0.2, 0.25) is 0 Å². The van der Waals surface area contributed by atoms with Crippen molar-refractivity contribution in [3.8, 4) is 0 Å². The highest BCUT2D eigenvalue weighted by molar-refractivity contribution is 6.10. The summed E-state index contributed by atoms with van der Waals surface area (Å²) in [5.74, 6) is -0.00186. The van der Waals surface area contributed by atoms with E-state index in [-0.39, 0.29) is 11.7 Å². The molecule has 0 saturated heterocycles. The third kappa shape index (κ3) is 2.31. The maximum atomic E-state index is 12.7. The fourth-order valence-electron chi connectivity index (χ4n) is 3.51. The van der Waals surface area contributed by atoms with Gasteiger partial charge in [0.1, 0.15) is 0 Å². The van der Waals surface area contributed by atoms with E-state index in [1.165, 1.54) is 12.1 Å². The van der Waals surface area contributed by atoms with E-state index in [2.05, 4.69) is 4.98 Å². The van der Waals surface area contributed by atoms with Crippen molar-refractivity contribution in [2.75, 3.05) is 0 Å². The standard InChI is InChI=1S/C19H14F3NO/c20-19(21,22)12-7-5-11(6-8-12)13-9-10-16(24)17-14-3-1-2-4-15(14)23-18(13)17/h1-8,13,23H,9-10H2. The molecule has 0 fully saturated rings. The van der Waals surface area contributed by atoms with Crippen LogP contribution in [-0.4, -0.2) is 10.8 Å². The van der Waals surface area contributed by atoms with E-state index in [1.54, 1.807) is 0 Å². The van der Waals surface area contributed by atoms with Gasteiger partial charge in [0, 0.05) is 34.5 Å². The molecule has 2 nitrogen and oxygen atoms in total. The normalized spacial score (nSPS) is 18.0. The van der Waals surface area contributed by atoms with E-state index in [0.717, 1.165) is 34.3 Å². The molecule has 2 aromatic carbocycles. The number of H-pyrrole nitrogens is 1. The Balaban J connectivity index is 1.81. The Hall–Kier alpha value is -2.56. The van der Waals surface area contributed by atoms with Gasteiger partial charge in [0.15, 0.2) is 5.78 Å². The van der Waals surface area contributed by atoms with Gasteiger partial charge in [0.25, 0.3) is 0 Å². The van der Waals surface area contributed by atoms with E-state index in [4.69, 9.17) is 0 Å². The minimum Gasteiger partial charge on any atom is -0.357 e. The average Bonchev–Trinajstić information content (AvgIpc) is 2.95. The van der Waals surface area contributed by atoms with Crippen molar-refractivity contribution in [1.82, 2.24) is 4.98 Å². The number of nitrogens with one attached hydrogen (secondary N) is 1. The van der Waals surface area contributed by atoms with Crippen molar-refractivity contribution in [2.45, 2.75) is 24.9 Å². The number of aromatic amines is 1. The molecule has 1 unspecified atom stereocenters. The molecule has 0 saturated carbocycles. The molecule has 0 amide bonds. The molecule has 1 aliphatic carbocycles. The smallest absolute Gasteiger partial charge is 0.357 e. The highest BCUT2D eigenvalue weighted by Crippen LogP contribution is 2.40. The summed E-state index contributed by atoms with van der Waals surface area (Å²) in [6.07, 6.45) is -3.34. The van der Waals surface area contributed by atoms with Crippen LogP contribution in [0, 0.1) is 0 Å². The minimum atomic E-state index is -4.34. The predicted octanol–water partition coefficient (Wildman–Crippen LogP) is 5.30. The van der Waals surface area contributed by atoms with E-state index >= 15 is 0 Å². The van der Waals surface area contributed by atoms with Gasteiger partial charge in [-0.05, 0) is 30.2 Å². The summed E-state index contributed by atoms with van der Waals surface area (Å²) in [4.78, 5) is 15.7. The second-order valence-corrected chi connectivity index (χ2v) is 6.09. The molecule has 5 heteroatoms. The fraction of sp³-hybridized carbons (Fsp3) is 0.211. The summed E-state index contributed by atoms with van der Waals surface area (Å²) in [6, 6.07) is 12.8. The van der Waals surface area contributed by atoms with E-state index in [0.29, 0.717) is 18.4 Å². The number of para-hydroxylation sites is 1. The number of hydrogen-bond donors (Lipinski definition) is 1. The van der Waals surface area contributed by atoms with Crippen molar-refractivity contribution < 1.29 is 18.0 Å². The maximum absolute atomic E-state index is 12.7. The molecule has 122 valence electrons. The van der Waals surface area contributed by atoms with Gasteiger partial charge in [-0.25, -0.2) is 0 Å².